The zero-order chi connectivity index (χ0) is 25.2. The first-order valence-corrected chi connectivity index (χ1v) is 29.2. The Morgan fingerprint density at radius 2 is 1.12 bits per heavy atom. The largest absolute Gasteiger partial charge is 0.455 e. The standard InChI is InChI=1S/C23H57Cl2NOSi5/c1-12-23(22-30(10,11)27-29(8,9)21-19-20-28(24)25)26(31(13-2,14-3)15-4)32(16-5,17-6)18-7/h23,28H,12-22H2,1-11H3. The molecule has 0 aliphatic rings. The van der Waals surface area contributed by atoms with Crippen LogP contribution in [0.3, 0.4) is 0 Å². The van der Waals surface area contributed by atoms with Crippen LogP contribution in [-0.2, 0) is 4.12 Å². The lowest BCUT2D eigenvalue weighted by Crippen LogP contribution is -2.70. The van der Waals surface area contributed by atoms with Gasteiger partial charge in [-0.3, -0.25) is 0 Å². The van der Waals surface area contributed by atoms with Gasteiger partial charge in [-0.15, -0.1) is 0 Å². The van der Waals surface area contributed by atoms with Crippen LogP contribution in [0.2, 0.25) is 80.6 Å². The Bertz CT molecular complexity index is 478. The van der Waals surface area contributed by atoms with Crippen LogP contribution in [0.5, 0.6) is 0 Å². The molecule has 1 unspecified atom stereocenters. The van der Waals surface area contributed by atoms with Gasteiger partial charge in [0.15, 0.2) is 16.6 Å². The normalized spacial score (nSPS) is 15.1. The molecule has 194 valence electrons. The molecule has 9 heteroatoms. The average Bonchev–Trinajstić information content (AvgIpc) is 2.72. The van der Waals surface area contributed by atoms with Gasteiger partial charge in [-0.1, -0.05) is 54.9 Å². The van der Waals surface area contributed by atoms with Crippen LogP contribution in [0.15, 0.2) is 0 Å². The Morgan fingerprint density at radius 1 is 0.719 bits per heavy atom. The number of nitrogens with zero attached hydrogens (tertiary/aromatic N) is 1. The average molecular weight is 575 g/mol. The van der Waals surface area contributed by atoms with Crippen LogP contribution in [0, 0.1) is 0 Å². The molecule has 0 saturated carbocycles. The van der Waals surface area contributed by atoms with E-state index in [0.29, 0.717) is 6.04 Å². The van der Waals surface area contributed by atoms with E-state index in [4.69, 9.17) is 26.3 Å². The van der Waals surface area contributed by atoms with Gasteiger partial charge in [0.2, 0.25) is 7.42 Å². The van der Waals surface area contributed by atoms with Crippen LogP contribution < -0.4 is 0 Å². The van der Waals surface area contributed by atoms with Crippen molar-refractivity contribution >= 4 is 62.7 Å². The summed E-state index contributed by atoms with van der Waals surface area (Å²) in [6.07, 6.45) is 2.42. The van der Waals surface area contributed by atoms with E-state index in [1.807, 2.05) is 0 Å². The minimum Gasteiger partial charge on any atom is -0.455 e. The van der Waals surface area contributed by atoms with Crippen molar-refractivity contribution in [3.05, 3.63) is 0 Å². The molecule has 32 heavy (non-hydrogen) atoms. The second kappa shape index (κ2) is 15.0. The molecule has 0 aromatic carbocycles. The van der Waals surface area contributed by atoms with Crippen molar-refractivity contribution in [3.63, 3.8) is 0 Å². The molecule has 0 saturated heterocycles. The molecule has 2 nitrogen and oxygen atoms in total. The highest BCUT2D eigenvalue weighted by molar-refractivity contribution is 7.33. The van der Waals surface area contributed by atoms with Gasteiger partial charge in [-0.25, -0.2) is 0 Å². The van der Waals surface area contributed by atoms with Crippen LogP contribution in [0.1, 0.15) is 61.3 Å². The predicted molar refractivity (Wildman–Crippen MR) is 164 cm³/mol. The first kappa shape index (κ1) is 33.6. The van der Waals surface area contributed by atoms with Gasteiger partial charge in [-0.2, -0.15) is 22.2 Å². The number of hydrogen-bond acceptors (Lipinski definition) is 2. The summed E-state index contributed by atoms with van der Waals surface area (Å²) < 4.78 is 10.5. The lowest BCUT2D eigenvalue weighted by molar-refractivity contribution is 0.416. The van der Waals surface area contributed by atoms with Gasteiger partial charge in [0.1, 0.15) is 16.5 Å². The van der Waals surface area contributed by atoms with E-state index >= 15 is 0 Å². The minimum absolute atomic E-state index is 0.710. The minimum atomic E-state index is -1.79. The lowest BCUT2D eigenvalue weighted by Gasteiger charge is -2.57. The Balaban J connectivity index is 5.98. The van der Waals surface area contributed by atoms with Crippen molar-refractivity contribution in [2.24, 2.45) is 0 Å². The predicted octanol–water partition coefficient (Wildman–Crippen LogP) is 9.59. The molecule has 1 atom stereocenters. The first-order chi connectivity index (χ1) is 14.8. The monoisotopic (exact) mass is 573 g/mol. The van der Waals surface area contributed by atoms with Crippen molar-refractivity contribution < 1.29 is 4.12 Å². The maximum Gasteiger partial charge on any atom is 0.237 e. The fraction of sp³-hybridized carbons (Fsp3) is 1.00. The van der Waals surface area contributed by atoms with Crippen LogP contribution in [0.4, 0.5) is 0 Å². The maximum atomic E-state index is 7.13. The second-order valence-corrected chi connectivity index (χ2v) is 35.6. The number of hydrogen-bond donors (Lipinski definition) is 0. The molecule has 0 radical (unpaired) electrons. The molecule has 0 aliphatic heterocycles. The highest BCUT2D eigenvalue weighted by Crippen LogP contribution is 2.41. The van der Waals surface area contributed by atoms with Gasteiger partial charge in [0.05, 0.1) is 0 Å². The fourth-order valence-electron chi connectivity index (χ4n) is 6.31. The molecule has 0 amide bonds. The molecule has 0 bridgehead atoms. The maximum absolute atomic E-state index is 7.13. The SMILES string of the molecule is CCC(C[Si](C)(C)O[Si](C)(C)CCC[SiH](Cl)Cl)N([Si](CC)(CC)CC)[Si](CC)(CC)CC. The van der Waals surface area contributed by atoms with Crippen molar-refractivity contribution in [2.45, 2.75) is 148 Å². The topological polar surface area (TPSA) is 12.5 Å². The van der Waals surface area contributed by atoms with E-state index in [1.165, 1.54) is 54.8 Å². The summed E-state index contributed by atoms with van der Waals surface area (Å²) in [5, 5.41) is 0. The quantitative estimate of drug-likeness (QED) is 0.119. The highest BCUT2D eigenvalue weighted by atomic mass is 35.7. The summed E-state index contributed by atoms with van der Waals surface area (Å²) in [5.41, 5.74) is 0. The van der Waals surface area contributed by atoms with Crippen LogP contribution in [0.25, 0.3) is 0 Å². The van der Waals surface area contributed by atoms with E-state index < -0.39 is 40.5 Å². The fourth-order valence-corrected chi connectivity index (χ4v) is 31.9. The highest BCUT2D eigenvalue weighted by Gasteiger charge is 2.50. The molecular weight excluding hydrogens is 518 g/mol. The van der Waals surface area contributed by atoms with Gasteiger partial charge in [0, 0.05) is 0 Å². The smallest absolute Gasteiger partial charge is 0.237 e. The Morgan fingerprint density at radius 3 is 1.44 bits per heavy atom. The zero-order valence-electron chi connectivity index (χ0n) is 23.5. The van der Waals surface area contributed by atoms with Crippen LogP contribution in [-0.4, -0.2) is 50.8 Å². The molecule has 0 aliphatic carbocycles. The summed E-state index contributed by atoms with van der Waals surface area (Å²) in [7, 11) is -7.91. The summed E-state index contributed by atoms with van der Waals surface area (Å²) in [6, 6.07) is 12.6. The van der Waals surface area contributed by atoms with Gasteiger partial charge in [-0.05, 0) is 93.0 Å². The number of rotatable bonds is 18. The number of halogens is 2. The van der Waals surface area contributed by atoms with E-state index in [1.54, 1.807) is 0 Å². The second-order valence-electron chi connectivity index (χ2n) is 11.1. The Hall–Kier alpha value is 1.58. The molecule has 0 N–H and O–H groups in total. The molecule has 0 aromatic heterocycles. The van der Waals surface area contributed by atoms with Gasteiger partial charge >= 0.3 is 0 Å². The van der Waals surface area contributed by atoms with E-state index in [2.05, 4.69) is 78.9 Å². The third-order valence-electron chi connectivity index (χ3n) is 8.29. The zero-order valence-corrected chi connectivity index (χ0v) is 30.2. The van der Waals surface area contributed by atoms with Gasteiger partial charge < -0.3 is 8.35 Å². The van der Waals surface area contributed by atoms with Crippen LogP contribution >= 0.6 is 22.2 Å². The Labute approximate surface area is 218 Å². The summed E-state index contributed by atoms with van der Waals surface area (Å²) in [4.78, 5) is 0. The third kappa shape index (κ3) is 9.56. The molecule has 0 rings (SSSR count). The molecule has 0 spiro atoms. The van der Waals surface area contributed by atoms with E-state index in [9.17, 15) is 0 Å². The van der Waals surface area contributed by atoms with Crippen molar-refractivity contribution in [2.75, 3.05) is 0 Å². The van der Waals surface area contributed by atoms with Crippen molar-refractivity contribution in [1.82, 2.24) is 4.23 Å². The van der Waals surface area contributed by atoms with Gasteiger partial charge in [0.25, 0.3) is 0 Å². The summed E-state index contributed by atoms with van der Waals surface area (Å²) in [6.45, 7) is 27.3. The molecule has 0 fully saturated rings. The first-order valence-electron chi connectivity index (χ1n) is 13.6. The Kier molecular flexibility index (Phi) is 15.7. The lowest BCUT2D eigenvalue weighted by atomic mass is 10.3. The molecular formula is C23H57Cl2NOSi5. The molecule has 0 aromatic rings. The molecule has 0 heterocycles. The van der Waals surface area contributed by atoms with E-state index in [-0.39, 0.29) is 0 Å². The van der Waals surface area contributed by atoms with Crippen molar-refractivity contribution in [1.29, 1.82) is 0 Å². The summed E-state index contributed by atoms with van der Waals surface area (Å²) >= 11 is 12.2. The summed E-state index contributed by atoms with van der Waals surface area (Å²) in [5.74, 6) is 0. The van der Waals surface area contributed by atoms with Crippen molar-refractivity contribution in [3.8, 4) is 0 Å². The third-order valence-corrected chi connectivity index (χ3v) is 31.4. The van der Waals surface area contributed by atoms with E-state index in [0.717, 1.165) is 12.5 Å².